The predicted molar refractivity (Wildman–Crippen MR) is 42.7 cm³/mol. The molecule has 0 fully saturated rings. The fraction of sp³-hybridized carbons (Fsp3) is 0. The number of nitrogen functional groups attached to an aromatic ring is 1. The van der Waals surface area contributed by atoms with Crippen LogP contribution < -0.4 is 5.73 Å². The van der Waals surface area contributed by atoms with Crippen LogP contribution >= 0.6 is 10.7 Å². The SMILES string of the molecule is Nc1[c]ccc(S(=O)(=O)Cl)c1. The molecule has 1 radical (unpaired) electrons. The minimum Gasteiger partial charge on any atom is -0.398 e. The van der Waals surface area contributed by atoms with E-state index in [1.54, 1.807) is 0 Å². The molecule has 3 nitrogen and oxygen atoms in total. The monoisotopic (exact) mass is 190 g/mol. The first-order chi connectivity index (χ1) is 5.00. The van der Waals surface area contributed by atoms with Crippen molar-refractivity contribution in [3.8, 4) is 0 Å². The lowest BCUT2D eigenvalue weighted by Crippen LogP contribution is -1.92. The number of halogens is 1. The van der Waals surface area contributed by atoms with E-state index in [4.69, 9.17) is 16.4 Å². The van der Waals surface area contributed by atoms with Crippen LogP contribution in [0.15, 0.2) is 23.1 Å². The molecule has 0 aliphatic heterocycles. The lowest BCUT2D eigenvalue weighted by molar-refractivity contribution is 0.609. The molecule has 1 aromatic carbocycles. The van der Waals surface area contributed by atoms with Crippen LogP contribution in [-0.2, 0) is 9.05 Å². The van der Waals surface area contributed by atoms with Gasteiger partial charge in [-0.1, -0.05) is 6.07 Å². The Morgan fingerprint density at radius 2 is 2.18 bits per heavy atom. The summed E-state index contributed by atoms with van der Waals surface area (Å²) >= 11 is 0. The zero-order valence-electron chi connectivity index (χ0n) is 5.41. The van der Waals surface area contributed by atoms with Gasteiger partial charge in [-0.15, -0.1) is 0 Å². The van der Waals surface area contributed by atoms with E-state index in [1.165, 1.54) is 18.2 Å². The summed E-state index contributed by atoms with van der Waals surface area (Å²) < 4.78 is 21.4. The molecule has 0 heterocycles. The Bertz CT molecular complexity index is 361. The molecule has 0 bridgehead atoms. The molecule has 1 aromatic rings. The number of rotatable bonds is 1. The van der Waals surface area contributed by atoms with E-state index in [9.17, 15) is 8.42 Å². The van der Waals surface area contributed by atoms with Crippen molar-refractivity contribution in [2.45, 2.75) is 4.90 Å². The van der Waals surface area contributed by atoms with Crippen LogP contribution in [0.25, 0.3) is 0 Å². The van der Waals surface area contributed by atoms with Gasteiger partial charge in [-0.05, 0) is 12.1 Å². The molecule has 0 saturated heterocycles. The highest BCUT2D eigenvalue weighted by atomic mass is 35.7. The maximum Gasteiger partial charge on any atom is 0.261 e. The van der Waals surface area contributed by atoms with Gasteiger partial charge in [0.2, 0.25) is 0 Å². The van der Waals surface area contributed by atoms with E-state index >= 15 is 0 Å². The lowest BCUT2D eigenvalue weighted by atomic mass is 10.3. The first kappa shape index (κ1) is 8.36. The Kier molecular flexibility index (Phi) is 2.06. The van der Waals surface area contributed by atoms with Crippen molar-refractivity contribution >= 4 is 25.4 Å². The summed E-state index contributed by atoms with van der Waals surface area (Å²) in [5.41, 5.74) is 5.53. The highest BCUT2D eigenvalue weighted by molar-refractivity contribution is 8.13. The molecular weight excluding hydrogens is 186 g/mol. The third-order valence-corrected chi connectivity index (χ3v) is 2.43. The van der Waals surface area contributed by atoms with Gasteiger partial charge in [-0.3, -0.25) is 0 Å². The van der Waals surface area contributed by atoms with Crippen LogP contribution in [0.1, 0.15) is 0 Å². The molecule has 0 spiro atoms. The highest BCUT2D eigenvalue weighted by Gasteiger charge is 2.08. The van der Waals surface area contributed by atoms with E-state index in [-0.39, 0.29) is 10.6 Å². The van der Waals surface area contributed by atoms with Crippen LogP contribution in [0.5, 0.6) is 0 Å². The van der Waals surface area contributed by atoms with Gasteiger partial charge < -0.3 is 5.73 Å². The van der Waals surface area contributed by atoms with Crippen molar-refractivity contribution in [2.24, 2.45) is 0 Å². The first-order valence-electron chi connectivity index (χ1n) is 2.72. The molecular formula is C6H5ClNO2S. The zero-order chi connectivity index (χ0) is 8.48. The Hall–Kier alpha value is -0.740. The molecule has 11 heavy (non-hydrogen) atoms. The van der Waals surface area contributed by atoms with Gasteiger partial charge in [-0.2, -0.15) is 0 Å². The summed E-state index contributed by atoms with van der Waals surface area (Å²) in [4.78, 5) is -0.00424. The highest BCUT2D eigenvalue weighted by Crippen LogP contribution is 2.16. The van der Waals surface area contributed by atoms with Crippen molar-refractivity contribution < 1.29 is 8.42 Å². The Morgan fingerprint density at radius 1 is 1.55 bits per heavy atom. The fourth-order valence-electron chi connectivity index (χ4n) is 0.615. The fourth-order valence-corrected chi connectivity index (χ4v) is 1.40. The van der Waals surface area contributed by atoms with Gasteiger partial charge in [-0.25, -0.2) is 8.42 Å². The smallest absolute Gasteiger partial charge is 0.261 e. The first-order valence-corrected chi connectivity index (χ1v) is 5.03. The predicted octanol–water partition coefficient (Wildman–Crippen LogP) is 0.996. The topological polar surface area (TPSA) is 60.2 Å². The summed E-state index contributed by atoms with van der Waals surface area (Å²) in [6.45, 7) is 0. The molecule has 59 valence electrons. The Morgan fingerprint density at radius 3 is 2.55 bits per heavy atom. The molecule has 0 aliphatic rings. The van der Waals surface area contributed by atoms with Crippen molar-refractivity contribution in [3.05, 3.63) is 24.3 Å². The lowest BCUT2D eigenvalue weighted by Gasteiger charge is -1.95. The van der Waals surface area contributed by atoms with Gasteiger partial charge >= 0.3 is 0 Å². The molecule has 1 rings (SSSR count). The van der Waals surface area contributed by atoms with Crippen LogP contribution in [0, 0.1) is 6.07 Å². The second-order valence-corrected chi connectivity index (χ2v) is 4.48. The maximum absolute atomic E-state index is 10.7. The van der Waals surface area contributed by atoms with Crippen molar-refractivity contribution in [2.75, 3.05) is 5.73 Å². The third kappa shape index (κ3) is 2.10. The maximum atomic E-state index is 10.7. The zero-order valence-corrected chi connectivity index (χ0v) is 6.98. The van der Waals surface area contributed by atoms with Crippen LogP contribution in [0.2, 0.25) is 0 Å². The van der Waals surface area contributed by atoms with E-state index in [1.807, 2.05) is 0 Å². The van der Waals surface area contributed by atoms with Crippen LogP contribution in [0.4, 0.5) is 5.69 Å². The summed E-state index contributed by atoms with van der Waals surface area (Å²) in [5.74, 6) is 0. The van der Waals surface area contributed by atoms with Crippen molar-refractivity contribution in [1.82, 2.24) is 0 Å². The largest absolute Gasteiger partial charge is 0.398 e. The second kappa shape index (κ2) is 2.71. The number of anilines is 1. The molecule has 0 aromatic heterocycles. The average molecular weight is 191 g/mol. The second-order valence-electron chi connectivity index (χ2n) is 1.92. The molecule has 2 N–H and O–H groups in total. The number of hydrogen-bond donors (Lipinski definition) is 1. The van der Waals surface area contributed by atoms with Gasteiger partial charge in [0.05, 0.1) is 4.90 Å². The molecule has 0 atom stereocenters. The summed E-state index contributed by atoms with van der Waals surface area (Å²) in [6.07, 6.45) is 0. The number of hydrogen-bond acceptors (Lipinski definition) is 3. The van der Waals surface area contributed by atoms with E-state index < -0.39 is 9.05 Å². The van der Waals surface area contributed by atoms with Gasteiger partial charge in [0, 0.05) is 22.4 Å². The van der Waals surface area contributed by atoms with E-state index in [0.717, 1.165) is 0 Å². The van der Waals surface area contributed by atoms with Crippen LogP contribution in [0.3, 0.4) is 0 Å². The Balaban J connectivity index is 3.28. The summed E-state index contributed by atoms with van der Waals surface area (Å²) in [6, 6.07) is 6.59. The number of benzene rings is 1. The summed E-state index contributed by atoms with van der Waals surface area (Å²) in [7, 11) is 1.38. The van der Waals surface area contributed by atoms with Crippen LogP contribution in [-0.4, -0.2) is 8.42 Å². The Labute approximate surface area is 69.2 Å². The normalized spacial score (nSPS) is 11.4. The minimum absolute atomic E-state index is 0.00424. The third-order valence-electron chi connectivity index (χ3n) is 1.08. The number of nitrogens with two attached hydrogens (primary N) is 1. The standard InChI is InChI=1S/C6H5ClNO2S/c7-11(9,10)6-3-1-2-5(8)4-6/h1,3-4H,8H2. The molecule has 5 heteroatoms. The van der Waals surface area contributed by atoms with Crippen molar-refractivity contribution in [3.63, 3.8) is 0 Å². The van der Waals surface area contributed by atoms with Gasteiger partial charge in [0.25, 0.3) is 9.05 Å². The van der Waals surface area contributed by atoms with Gasteiger partial charge in [0.1, 0.15) is 0 Å². The summed E-state index contributed by atoms with van der Waals surface area (Å²) in [5, 5.41) is 0. The quantitative estimate of drug-likeness (QED) is 0.531. The minimum atomic E-state index is -3.65. The average Bonchev–Trinajstić information content (AvgIpc) is 1.86. The molecule has 0 aliphatic carbocycles. The molecule has 0 saturated carbocycles. The molecule has 0 unspecified atom stereocenters. The van der Waals surface area contributed by atoms with Crippen molar-refractivity contribution in [1.29, 1.82) is 0 Å². The molecule has 0 amide bonds. The van der Waals surface area contributed by atoms with E-state index in [2.05, 4.69) is 6.07 Å². The van der Waals surface area contributed by atoms with Gasteiger partial charge in [0.15, 0.2) is 0 Å². The van der Waals surface area contributed by atoms with E-state index in [0.29, 0.717) is 0 Å².